The maximum atomic E-state index is 10.1. The molecule has 0 saturated carbocycles. The topological polar surface area (TPSA) is 20.2 Å². The van der Waals surface area contributed by atoms with Gasteiger partial charge in [-0.1, -0.05) is 18.2 Å². The van der Waals surface area contributed by atoms with Gasteiger partial charge in [-0.05, 0) is 30.9 Å². The van der Waals surface area contributed by atoms with Gasteiger partial charge >= 0.3 is 0 Å². The highest BCUT2D eigenvalue weighted by molar-refractivity contribution is 8.00. The van der Waals surface area contributed by atoms with E-state index in [4.69, 9.17) is 6.42 Å². The first-order valence-corrected chi connectivity index (χ1v) is 6.55. The molecule has 84 valence electrons. The zero-order chi connectivity index (χ0) is 11.4. The van der Waals surface area contributed by atoms with E-state index in [1.165, 1.54) is 10.5 Å². The Bertz CT molecular complexity index is 369. The molecule has 1 aliphatic heterocycles. The molecule has 2 rings (SSSR count). The van der Waals surface area contributed by atoms with Gasteiger partial charge in [0, 0.05) is 16.6 Å². The molecule has 1 aromatic rings. The molecule has 2 unspecified atom stereocenters. The number of unbranched alkanes of at least 4 members (excludes halogenated alkanes) is 1. The maximum absolute atomic E-state index is 10.1. The Balaban J connectivity index is 1.88. The molecule has 0 radical (unpaired) electrons. The fourth-order valence-electron chi connectivity index (χ4n) is 2.02. The normalized spacial score (nSPS) is 20.1. The van der Waals surface area contributed by atoms with Crippen LogP contribution in [0.25, 0.3) is 0 Å². The van der Waals surface area contributed by atoms with Gasteiger partial charge < -0.3 is 5.11 Å². The summed E-state index contributed by atoms with van der Waals surface area (Å²) in [6.07, 6.45) is 8.46. The summed E-state index contributed by atoms with van der Waals surface area (Å²) >= 11 is 1.80. The van der Waals surface area contributed by atoms with Gasteiger partial charge in [-0.25, -0.2) is 0 Å². The Kier molecular flexibility index (Phi) is 3.93. The van der Waals surface area contributed by atoms with E-state index >= 15 is 0 Å². The van der Waals surface area contributed by atoms with Crippen LogP contribution >= 0.6 is 11.8 Å². The van der Waals surface area contributed by atoms with Gasteiger partial charge in [-0.15, -0.1) is 24.1 Å². The van der Waals surface area contributed by atoms with Crippen molar-refractivity contribution in [3.05, 3.63) is 29.8 Å². The SMILES string of the molecule is C#CCCCC(O)C1Cc2ccccc2S1. The Hall–Kier alpha value is -0.910. The van der Waals surface area contributed by atoms with E-state index in [0.717, 1.165) is 25.7 Å². The fraction of sp³-hybridized carbons (Fsp3) is 0.429. The highest BCUT2D eigenvalue weighted by Crippen LogP contribution is 2.39. The van der Waals surface area contributed by atoms with Gasteiger partial charge in [0.25, 0.3) is 0 Å². The summed E-state index contributed by atoms with van der Waals surface area (Å²) in [6, 6.07) is 8.40. The van der Waals surface area contributed by atoms with Crippen LogP contribution in [0.2, 0.25) is 0 Å². The first kappa shape index (κ1) is 11.6. The molecule has 1 heterocycles. The van der Waals surface area contributed by atoms with Gasteiger partial charge in [0.05, 0.1) is 6.10 Å². The molecule has 1 aliphatic rings. The van der Waals surface area contributed by atoms with Crippen molar-refractivity contribution in [2.24, 2.45) is 0 Å². The van der Waals surface area contributed by atoms with Crippen LogP contribution in [-0.4, -0.2) is 16.5 Å². The molecule has 0 amide bonds. The molecule has 0 saturated heterocycles. The van der Waals surface area contributed by atoms with Gasteiger partial charge in [-0.2, -0.15) is 0 Å². The molecule has 1 N–H and O–H groups in total. The predicted molar refractivity (Wildman–Crippen MR) is 68.5 cm³/mol. The molecule has 0 spiro atoms. The van der Waals surface area contributed by atoms with Crippen LogP contribution in [0, 0.1) is 12.3 Å². The van der Waals surface area contributed by atoms with Crippen molar-refractivity contribution in [2.45, 2.75) is 41.9 Å². The summed E-state index contributed by atoms with van der Waals surface area (Å²) in [5, 5.41) is 10.4. The van der Waals surface area contributed by atoms with Crippen LogP contribution in [0.3, 0.4) is 0 Å². The number of rotatable bonds is 4. The van der Waals surface area contributed by atoms with Crippen molar-refractivity contribution in [1.29, 1.82) is 0 Å². The number of hydrogen-bond acceptors (Lipinski definition) is 2. The minimum absolute atomic E-state index is 0.231. The molecule has 0 bridgehead atoms. The van der Waals surface area contributed by atoms with E-state index in [9.17, 15) is 5.11 Å². The summed E-state index contributed by atoms with van der Waals surface area (Å²) in [4.78, 5) is 1.32. The molecule has 2 heteroatoms. The van der Waals surface area contributed by atoms with E-state index in [1.54, 1.807) is 11.8 Å². The number of aliphatic hydroxyl groups excluding tert-OH is 1. The lowest BCUT2D eigenvalue weighted by Gasteiger charge is -2.16. The quantitative estimate of drug-likeness (QED) is 0.636. The largest absolute Gasteiger partial charge is 0.392 e. The average molecular weight is 232 g/mol. The molecular weight excluding hydrogens is 216 g/mol. The van der Waals surface area contributed by atoms with Crippen LogP contribution in [0.4, 0.5) is 0 Å². The number of hydrogen-bond donors (Lipinski definition) is 1. The molecule has 1 aromatic carbocycles. The van der Waals surface area contributed by atoms with Crippen molar-refractivity contribution < 1.29 is 5.11 Å². The first-order valence-electron chi connectivity index (χ1n) is 5.67. The second-order valence-electron chi connectivity index (χ2n) is 4.13. The first-order chi connectivity index (χ1) is 7.81. The van der Waals surface area contributed by atoms with Gasteiger partial charge in [0.15, 0.2) is 0 Å². The number of benzene rings is 1. The zero-order valence-electron chi connectivity index (χ0n) is 9.23. The zero-order valence-corrected chi connectivity index (χ0v) is 10.0. The fourth-order valence-corrected chi connectivity index (χ4v) is 3.36. The molecule has 2 atom stereocenters. The summed E-state index contributed by atoms with van der Waals surface area (Å²) in [7, 11) is 0. The molecular formula is C14H16OS. The van der Waals surface area contributed by atoms with Crippen LogP contribution in [0.5, 0.6) is 0 Å². The maximum Gasteiger partial charge on any atom is 0.0665 e. The lowest BCUT2D eigenvalue weighted by Crippen LogP contribution is -2.22. The van der Waals surface area contributed by atoms with E-state index in [-0.39, 0.29) is 6.10 Å². The summed E-state index contributed by atoms with van der Waals surface area (Å²) in [6.45, 7) is 0. The average Bonchev–Trinajstić information content (AvgIpc) is 2.73. The highest BCUT2D eigenvalue weighted by atomic mass is 32.2. The standard InChI is InChI=1S/C14H16OS/c1-2-3-4-8-12(15)14-10-11-7-5-6-9-13(11)16-14/h1,5-7,9,12,14-15H,3-4,8,10H2. The third kappa shape index (κ3) is 2.61. The Labute approximate surface area is 101 Å². The smallest absolute Gasteiger partial charge is 0.0665 e. The lowest BCUT2D eigenvalue weighted by molar-refractivity contribution is 0.159. The molecule has 16 heavy (non-hydrogen) atoms. The Morgan fingerprint density at radius 3 is 3.06 bits per heavy atom. The van der Waals surface area contributed by atoms with E-state index < -0.39 is 0 Å². The summed E-state index contributed by atoms with van der Waals surface area (Å²) in [5.41, 5.74) is 1.37. The number of fused-ring (bicyclic) bond motifs is 1. The van der Waals surface area contributed by atoms with Gasteiger partial charge in [-0.3, -0.25) is 0 Å². The highest BCUT2D eigenvalue weighted by Gasteiger charge is 2.27. The Morgan fingerprint density at radius 1 is 1.50 bits per heavy atom. The van der Waals surface area contributed by atoms with Crippen LogP contribution in [0.1, 0.15) is 24.8 Å². The van der Waals surface area contributed by atoms with Crippen molar-refractivity contribution in [1.82, 2.24) is 0 Å². The number of terminal acetylenes is 1. The van der Waals surface area contributed by atoms with Gasteiger partial charge in [0.2, 0.25) is 0 Å². The summed E-state index contributed by atoms with van der Waals surface area (Å²) in [5.74, 6) is 2.61. The van der Waals surface area contributed by atoms with E-state index in [1.807, 2.05) is 0 Å². The van der Waals surface area contributed by atoms with Crippen LogP contribution in [0.15, 0.2) is 29.2 Å². The predicted octanol–water partition coefficient (Wildman–Crippen LogP) is 2.87. The molecule has 1 nitrogen and oxygen atoms in total. The minimum Gasteiger partial charge on any atom is -0.392 e. The third-order valence-corrected chi connectivity index (χ3v) is 4.36. The van der Waals surface area contributed by atoms with Crippen molar-refractivity contribution in [3.63, 3.8) is 0 Å². The van der Waals surface area contributed by atoms with E-state index in [2.05, 4.69) is 30.2 Å². The molecule has 0 aromatic heterocycles. The summed E-state index contributed by atoms with van der Waals surface area (Å²) < 4.78 is 0. The van der Waals surface area contributed by atoms with Crippen molar-refractivity contribution >= 4 is 11.8 Å². The van der Waals surface area contributed by atoms with Crippen LogP contribution in [-0.2, 0) is 6.42 Å². The van der Waals surface area contributed by atoms with E-state index in [0.29, 0.717) is 5.25 Å². The second-order valence-corrected chi connectivity index (χ2v) is 5.41. The minimum atomic E-state index is -0.231. The molecule has 0 aliphatic carbocycles. The lowest BCUT2D eigenvalue weighted by atomic mass is 10.0. The second kappa shape index (κ2) is 5.43. The monoisotopic (exact) mass is 232 g/mol. The molecule has 0 fully saturated rings. The number of aliphatic hydroxyl groups is 1. The van der Waals surface area contributed by atoms with Gasteiger partial charge in [0.1, 0.15) is 0 Å². The number of thioether (sulfide) groups is 1. The van der Waals surface area contributed by atoms with Crippen molar-refractivity contribution in [2.75, 3.05) is 0 Å². The third-order valence-electron chi connectivity index (χ3n) is 2.92. The van der Waals surface area contributed by atoms with Crippen LogP contribution < -0.4 is 0 Å². The van der Waals surface area contributed by atoms with Crippen molar-refractivity contribution in [3.8, 4) is 12.3 Å². The Morgan fingerprint density at radius 2 is 2.31 bits per heavy atom.